The second-order valence-electron chi connectivity index (χ2n) is 3.36. The molecule has 0 aliphatic rings. The van der Waals surface area contributed by atoms with Crippen molar-refractivity contribution < 1.29 is 13.5 Å². The molecule has 2 N–H and O–H groups in total. The lowest BCUT2D eigenvalue weighted by Crippen LogP contribution is -2.22. The van der Waals surface area contributed by atoms with Gasteiger partial charge in [0.05, 0.1) is 16.0 Å². The first kappa shape index (κ1) is 12.1. The van der Waals surface area contributed by atoms with Crippen molar-refractivity contribution in [3.63, 3.8) is 0 Å². The van der Waals surface area contributed by atoms with Crippen molar-refractivity contribution in [2.24, 2.45) is 0 Å². The van der Waals surface area contributed by atoms with Crippen LogP contribution in [-0.4, -0.2) is 18.8 Å². The van der Waals surface area contributed by atoms with Crippen LogP contribution in [0, 0.1) is 0 Å². The molecule has 6 heteroatoms. The molecule has 0 aliphatic heterocycles. The van der Waals surface area contributed by atoms with Crippen molar-refractivity contribution in [3.8, 4) is 5.75 Å². The van der Waals surface area contributed by atoms with Crippen LogP contribution in [0.4, 0.5) is 5.69 Å². The van der Waals surface area contributed by atoms with Gasteiger partial charge in [0, 0.05) is 6.07 Å². The summed E-state index contributed by atoms with van der Waals surface area (Å²) in [4.78, 5) is 0. The average molecular weight is 250 g/mol. The number of halogens is 1. The Balaban J connectivity index is 3.01. The van der Waals surface area contributed by atoms with Crippen LogP contribution in [-0.2, 0) is 10.0 Å². The van der Waals surface area contributed by atoms with E-state index >= 15 is 0 Å². The second-order valence-corrected chi connectivity index (χ2v) is 6.00. The maximum atomic E-state index is 11.5. The monoisotopic (exact) mass is 249 g/mol. The highest BCUT2D eigenvalue weighted by Gasteiger charge is 2.16. The van der Waals surface area contributed by atoms with Crippen LogP contribution in [0.15, 0.2) is 18.2 Å². The van der Waals surface area contributed by atoms with E-state index in [9.17, 15) is 8.42 Å². The highest BCUT2D eigenvalue weighted by molar-refractivity contribution is 7.93. The molecule has 0 fully saturated rings. The molecule has 0 spiro atoms. The third-order valence-corrected chi connectivity index (χ3v) is 3.88. The molecule has 4 nitrogen and oxygen atoms in total. The lowest BCUT2D eigenvalue weighted by atomic mass is 10.3. The summed E-state index contributed by atoms with van der Waals surface area (Å²) in [5.74, 6) is -0.00695. The zero-order valence-electron chi connectivity index (χ0n) is 8.36. The van der Waals surface area contributed by atoms with Crippen molar-refractivity contribution in [1.82, 2.24) is 0 Å². The zero-order chi connectivity index (χ0) is 11.6. The lowest BCUT2D eigenvalue weighted by Gasteiger charge is -2.11. The van der Waals surface area contributed by atoms with Crippen molar-refractivity contribution >= 4 is 27.3 Å². The summed E-state index contributed by atoms with van der Waals surface area (Å²) in [5.41, 5.74) is 0.267. The molecule has 0 atom stereocenters. The fraction of sp³-hybridized carbons (Fsp3) is 0.333. The molecule has 1 rings (SSSR count). The molecule has 0 unspecified atom stereocenters. The number of benzene rings is 1. The summed E-state index contributed by atoms with van der Waals surface area (Å²) in [6, 6.07) is 4.06. The van der Waals surface area contributed by atoms with E-state index in [1.54, 1.807) is 13.8 Å². The van der Waals surface area contributed by atoms with Gasteiger partial charge in [-0.1, -0.05) is 11.6 Å². The molecule has 0 bridgehead atoms. The van der Waals surface area contributed by atoms with Gasteiger partial charge in [0.1, 0.15) is 5.75 Å². The molecular weight excluding hydrogens is 238 g/mol. The van der Waals surface area contributed by atoms with E-state index in [0.29, 0.717) is 0 Å². The Morgan fingerprint density at radius 1 is 1.40 bits per heavy atom. The third kappa shape index (κ3) is 3.00. The summed E-state index contributed by atoms with van der Waals surface area (Å²) < 4.78 is 25.4. The van der Waals surface area contributed by atoms with Gasteiger partial charge in [-0.15, -0.1) is 0 Å². The minimum Gasteiger partial charge on any atom is -0.508 e. The van der Waals surface area contributed by atoms with Crippen molar-refractivity contribution in [3.05, 3.63) is 23.2 Å². The Morgan fingerprint density at radius 2 is 2.00 bits per heavy atom. The molecule has 15 heavy (non-hydrogen) atoms. The van der Waals surface area contributed by atoms with E-state index < -0.39 is 15.3 Å². The molecule has 0 aromatic heterocycles. The molecular formula is C9H12ClNO3S. The smallest absolute Gasteiger partial charge is 0.235 e. The predicted octanol–water partition coefficient (Wildman–Crippen LogP) is 2.20. The summed E-state index contributed by atoms with van der Waals surface area (Å²) in [6.45, 7) is 3.13. The van der Waals surface area contributed by atoms with E-state index in [-0.39, 0.29) is 16.5 Å². The number of rotatable bonds is 3. The first-order valence-corrected chi connectivity index (χ1v) is 6.25. The van der Waals surface area contributed by atoms with Gasteiger partial charge in [-0.2, -0.15) is 0 Å². The van der Waals surface area contributed by atoms with Gasteiger partial charge >= 0.3 is 0 Å². The third-order valence-electron chi connectivity index (χ3n) is 1.83. The summed E-state index contributed by atoms with van der Waals surface area (Å²) >= 11 is 5.75. The predicted molar refractivity (Wildman–Crippen MR) is 60.8 cm³/mol. The van der Waals surface area contributed by atoms with Crippen molar-refractivity contribution in [2.45, 2.75) is 19.1 Å². The van der Waals surface area contributed by atoms with Gasteiger partial charge in [-0.25, -0.2) is 8.42 Å². The number of sulfonamides is 1. The quantitative estimate of drug-likeness (QED) is 0.807. The fourth-order valence-corrected chi connectivity index (χ4v) is 1.86. The second kappa shape index (κ2) is 4.28. The lowest BCUT2D eigenvalue weighted by molar-refractivity contribution is 0.475. The van der Waals surface area contributed by atoms with E-state index in [1.165, 1.54) is 18.2 Å². The molecule has 0 amide bonds. The largest absolute Gasteiger partial charge is 0.508 e. The molecule has 0 heterocycles. The van der Waals surface area contributed by atoms with Crippen LogP contribution in [0.3, 0.4) is 0 Å². The highest BCUT2D eigenvalue weighted by atomic mass is 35.5. The van der Waals surface area contributed by atoms with Crippen LogP contribution in [0.5, 0.6) is 5.75 Å². The summed E-state index contributed by atoms with van der Waals surface area (Å²) in [7, 11) is -3.40. The van der Waals surface area contributed by atoms with Crippen LogP contribution < -0.4 is 4.72 Å². The maximum Gasteiger partial charge on any atom is 0.235 e. The van der Waals surface area contributed by atoms with Crippen molar-refractivity contribution in [1.29, 1.82) is 0 Å². The van der Waals surface area contributed by atoms with Gasteiger partial charge in [-0.05, 0) is 26.0 Å². The molecule has 1 aromatic carbocycles. The van der Waals surface area contributed by atoms with Gasteiger partial charge in [0.25, 0.3) is 0 Å². The van der Waals surface area contributed by atoms with Gasteiger partial charge in [-0.3, -0.25) is 4.72 Å². The molecule has 0 saturated carbocycles. The number of hydrogen-bond donors (Lipinski definition) is 2. The Kier molecular flexibility index (Phi) is 3.46. The van der Waals surface area contributed by atoms with Crippen LogP contribution in [0.2, 0.25) is 5.02 Å². The van der Waals surface area contributed by atoms with E-state index in [4.69, 9.17) is 16.7 Å². The topological polar surface area (TPSA) is 66.4 Å². The Morgan fingerprint density at radius 3 is 2.47 bits per heavy atom. The Bertz CT molecular complexity index is 456. The minimum absolute atomic E-state index is 0.00695. The van der Waals surface area contributed by atoms with Crippen LogP contribution >= 0.6 is 11.6 Å². The van der Waals surface area contributed by atoms with Crippen LogP contribution in [0.25, 0.3) is 0 Å². The summed E-state index contributed by atoms with van der Waals surface area (Å²) in [6.07, 6.45) is 0. The molecule has 0 aliphatic carbocycles. The molecule has 0 saturated heterocycles. The first-order chi connectivity index (χ1) is 6.83. The zero-order valence-corrected chi connectivity index (χ0v) is 9.93. The number of aromatic hydroxyl groups is 1. The van der Waals surface area contributed by atoms with Gasteiger partial charge in [0.2, 0.25) is 10.0 Å². The van der Waals surface area contributed by atoms with E-state index in [2.05, 4.69) is 4.72 Å². The van der Waals surface area contributed by atoms with Crippen LogP contribution in [0.1, 0.15) is 13.8 Å². The number of phenols is 1. The minimum atomic E-state index is -3.40. The maximum absolute atomic E-state index is 11.5. The first-order valence-electron chi connectivity index (χ1n) is 4.33. The number of phenolic OH excluding ortho intramolecular Hbond substituents is 1. The average Bonchev–Trinajstić information content (AvgIpc) is 2.09. The standard InChI is InChI=1S/C9H12ClNO3S/c1-6(2)15(13,14)11-9-4-3-7(12)5-8(9)10/h3-6,11-12H,1-2H3. The van der Waals surface area contributed by atoms with Gasteiger partial charge in [0.15, 0.2) is 0 Å². The normalized spacial score (nSPS) is 11.7. The van der Waals surface area contributed by atoms with Gasteiger partial charge < -0.3 is 5.11 Å². The highest BCUT2D eigenvalue weighted by Crippen LogP contribution is 2.27. The molecule has 0 radical (unpaired) electrons. The SMILES string of the molecule is CC(C)S(=O)(=O)Nc1ccc(O)cc1Cl. The Hall–Kier alpha value is -0.940. The number of hydrogen-bond acceptors (Lipinski definition) is 3. The van der Waals surface area contributed by atoms with E-state index in [0.717, 1.165) is 0 Å². The number of anilines is 1. The summed E-state index contributed by atoms with van der Waals surface area (Å²) in [5, 5.41) is 8.71. The Labute approximate surface area is 93.9 Å². The fourth-order valence-electron chi connectivity index (χ4n) is 0.858. The van der Waals surface area contributed by atoms with Crippen molar-refractivity contribution in [2.75, 3.05) is 4.72 Å². The molecule has 84 valence electrons. The van der Waals surface area contributed by atoms with E-state index in [1.807, 2.05) is 0 Å². The molecule has 1 aromatic rings. The number of nitrogens with one attached hydrogen (secondary N) is 1.